The van der Waals surface area contributed by atoms with Gasteiger partial charge in [-0.05, 0) is 37.5 Å². The van der Waals surface area contributed by atoms with E-state index < -0.39 is 6.10 Å². The number of likely N-dealkylation sites (tertiary alicyclic amines) is 1. The summed E-state index contributed by atoms with van der Waals surface area (Å²) < 4.78 is 5.21. The van der Waals surface area contributed by atoms with Gasteiger partial charge in [-0.15, -0.1) is 24.0 Å². The summed E-state index contributed by atoms with van der Waals surface area (Å²) in [5.41, 5.74) is 0.777. The third kappa shape index (κ3) is 8.00. The van der Waals surface area contributed by atoms with Crippen molar-refractivity contribution in [2.75, 3.05) is 33.3 Å². The number of aliphatic hydroxyl groups is 1. The van der Waals surface area contributed by atoms with E-state index in [0.29, 0.717) is 11.7 Å². The molecule has 7 nitrogen and oxygen atoms in total. The standard InChI is InChI=1S/C21H34N4O3.HI/c1-5-22-21(23-14-19(26)16-7-6-8-18(13-16)28-4)24-17-9-11-25(12-10-17)20(27)15(2)3;/h6-8,13,15,17,19,26H,5,9-12,14H2,1-4H3,(H2,22,23,24);1H. The van der Waals surface area contributed by atoms with Crippen molar-refractivity contribution >= 4 is 35.8 Å². The first kappa shape index (κ1) is 25.5. The number of hydrogen-bond acceptors (Lipinski definition) is 4. The molecule has 8 heteroatoms. The molecule has 1 fully saturated rings. The van der Waals surface area contributed by atoms with Crippen LogP contribution in [0, 0.1) is 5.92 Å². The fourth-order valence-electron chi connectivity index (χ4n) is 3.25. The van der Waals surface area contributed by atoms with Crippen LogP contribution in [0.25, 0.3) is 0 Å². The van der Waals surface area contributed by atoms with Gasteiger partial charge in [0.15, 0.2) is 5.96 Å². The van der Waals surface area contributed by atoms with Crippen molar-refractivity contribution in [2.45, 2.75) is 45.8 Å². The molecule has 1 saturated heterocycles. The highest BCUT2D eigenvalue weighted by Crippen LogP contribution is 2.19. The van der Waals surface area contributed by atoms with Crippen LogP contribution in [-0.4, -0.2) is 61.2 Å². The van der Waals surface area contributed by atoms with Gasteiger partial charge in [-0.25, -0.2) is 0 Å². The number of aliphatic imine (C=N–C) groups is 1. The highest BCUT2D eigenvalue weighted by molar-refractivity contribution is 14.0. The molecule has 1 amide bonds. The topological polar surface area (TPSA) is 86.2 Å². The first-order chi connectivity index (χ1) is 13.4. The first-order valence-electron chi connectivity index (χ1n) is 10.1. The van der Waals surface area contributed by atoms with E-state index in [-0.39, 0.29) is 48.4 Å². The Bertz CT molecular complexity index is 661. The number of nitrogens with zero attached hydrogens (tertiary/aromatic N) is 2. The van der Waals surface area contributed by atoms with Crippen molar-refractivity contribution in [2.24, 2.45) is 10.9 Å². The van der Waals surface area contributed by atoms with E-state index in [0.717, 1.165) is 38.0 Å². The maximum absolute atomic E-state index is 12.1. The Morgan fingerprint density at radius 2 is 2.03 bits per heavy atom. The van der Waals surface area contributed by atoms with Crippen LogP contribution in [0.4, 0.5) is 0 Å². The maximum atomic E-state index is 12.1. The minimum atomic E-state index is -0.698. The van der Waals surface area contributed by atoms with E-state index in [4.69, 9.17) is 4.74 Å². The third-order valence-corrected chi connectivity index (χ3v) is 4.89. The number of carbonyl (C=O) groups excluding carboxylic acids is 1. The summed E-state index contributed by atoms with van der Waals surface area (Å²) in [4.78, 5) is 18.6. The number of halogens is 1. The number of amides is 1. The fraction of sp³-hybridized carbons (Fsp3) is 0.619. The lowest BCUT2D eigenvalue weighted by Crippen LogP contribution is -2.50. The Labute approximate surface area is 191 Å². The second-order valence-corrected chi connectivity index (χ2v) is 7.41. The molecule has 1 unspecified atom stereocenters. The second kappa shape index (κ2) is 12.9. The van der Waals surface area contributed by atoms with Crippen LogP contribution in [0.15, 0.2) is 29.3 Å². The van der Waals surface area contributed by atoms with Gasteiger partial charge in [0.05, 0.1) is 19.8 Å². The van der Waals surface area contributed by atoms with E-state index >= 15 is 0 Å². The molecule has 1 aromatic carbocycles. The van der Waals surface area contributed by atoms with Crippen LogP contribution in [0.3, 0.4) is 0 Å². The number of guanidine groups is 1. The van der Waals surface area contributed by atoms with Crippen LogP contribution in [0.5, 0.6) is 5.75 Å². The Kier molecular flexibility index (Phi) is 11.3. The van der Waals surface area contributed by atoms with Gasteiger partial charge >= 0.3 is 0 Å². The van der Waals surface area contributed by atoms with Gasteiger partial charge in [0.2, 0.25) is 5.91 Å². The first-order valence-corrected chi connectivity index (χ1v) is 10.1. The minimum absolute atomic E-state index is 0. The van der Waals surface area contributed by atoms with E-state index in [2.05, 4.69) is 15.6 Å². The molecule has 1 heterocycles. The highest BCUT2D eigenvalue weighted by Gasteiger charge is 2.24. The van der Waals surface area contributed by atoms with Crippen molar-refractivity contribution in [3.63, 3.8) is 0 Å². The quantitative estimate of drug-likeness (QED) is 0.294. The largest absolute Gasteiger partial charge is 0.497 e. The molecule has 1 aliphatic heterocycles. The third-order valence-electron chi connectivity index (χ3n) is 4.89. The van der Waals surface area contributed by atoms with E-state index in [9.17, 15) is 9.90 Å². The van der Waals surface area contributed by atoms with Gasteiger partial charge in [0.1, 0.15) is 5.75 Å². The summed E-state index contributed by atoms with van der Waals surface area (Å²) in [5, 5.41) is 17.1. The summed E-state index contributed by atoms with van der Waals surface area (Å²) in [6.45, 7) is 8.42. The Hall–Kier alpha value is -1.55. The van der Waals surface area contributed by atoms with Crippen molar-refractivity contribution in [3.8, 4) is 5.75 Å². The average molecular weight is 518 g/mol. The number of rotatable bonds is 7. The molecule has 0 aliphatic carbocycles. The van der Waals surface area contributed by atoms with E-state index in [1.54, 1.807) is 7.11 Å². The van der Waals surface area contributed by atoms with Gasteiger partial charge in [0.25, 0.3) is 0 Å². The second-order valence-electron chi connectivity index (χ2n) is 7.41. The number of benzene rings is 1. The minimum Gasteiger partial charge on any atom is -0.497 e. The number of piperidine rings is 1. The van der Waals surface area contributed by atoms with Crippen LogP contribution in [0.1, 0.15) is 45.3 Å². The fourth-order valence-corrected chi connectivity index (χ4v) is 3.25. The SMILES string of the molecule is CCNC(=NCC(O)c1cccc(OC)c1)NC1CCN(C(=O)C(C)C)CC1.I. The zero-order valence-electron chi connectivity index (χ0n) is 17.9. The molecule has 1 aliphatic rings. The normalized spacial score (nSPS) is 16.2. The van der Waals surface area contributed by atoms with Crippen LogP contribution < -0.4 is 15.4 Å². The number of methoxy groups -OCH3 is 1. The molecule has 164 valence electrons. The van der Waals surface area contributed by atoms with Gasteiger partial charge in [-0.2, -0.15) is 0 Å². The van der Waals surface area contributed by atoms with Crippen molar-refractivity contribution in [1.29, 1.82) is 0 Å². The summed E-state index contributed by atoms with van der Waals surface area (Å²) in [6.07, 6.45) is 1.08. The van der Waals surface area contributed by atoms with E-state index in [1.165, 1.54) is 0 Å². The Morgan fingerprint density at radius 3 is 2.62 bits per heavy atom. The molecule has 3 N–H and O–H groups in total. The zero-order chi connectivity index (χ0) is 20.5. The highest BCUT2D eigenvalue weighted by atomic mass is 127. The summed E-state index contributed by atoms with van der Waals surface area (Å²) in [7, 11) is 1.61. The zero-order valence-corrected chi connectivity index (χ0v) is 20.2. The number of aliphatic hydroxyl groups excluding tert-OH is 1. The molecule has 1 atom stereocenters. The molecule has 0 radical (unpaired) electrons. The molecule has 0 saturated carbocycles. The molecule has 1 aromatic rings. The number of hydrogen-bond donors (Lipinski definition) is 3. The lowest BCUT2D eigenvalue weighted by Gasteiger charge is -2.34. The summed E-state index contributed by atoms with van der Waals surface area (Å²) in [6, 6.07) is 7.66. The van der Waals surface area contributed by atoms with E-state index in [1.807, 2.05) is 49.9 Å². The summed E-state index contributed by atoms with van der Waals surface area (Å²) >= 11 is 0. The van der Waals surface area contributed by atoms with Gasteiger partial charge in [0, 0.05) is 31.6 Å². The molecule has 0 bridgehead atoms. The number of carbonyl (C=O) groups is 1. The van der Waals surface area contributed by atoms with Crippen molar-refractivity contribution in [1.82, 2.24) is 15.5 Å². The molecular weight excluding hydrogens is 483 g/mol. The van der Waals surface area contributed by atoms with Crippen molar-refractivity contribution < 1.29 is 14.6 Å². The molecule has 0 aromatic heterocycles. The lowest BCUT2D eigenvalue weighted by molar-refractivity contribution is -0.135. The molecule has 29 heavy (non-hydrogen) atoms. The summed E-state index contributed by atoms with van der Waals surface area (Å²) in [5.74, 6) is 1.67. The average Bonchev–Trinajstić information content (AvgIpc) is 2.71. The predicted molar refractivity (Wildman–Crippen MR) is 127 cm³/mol. The van der Waals surface area contributed by atoms with Crippen LogP contribution in [0.2, 0.25) is 0 Å². The van der Waals surface area contributed by atoms with Gasteiger partial charge in [-0.3, -0.25) is 9.79 Å². The van der Waals surface area contributed by atoms with Gasteiger partial charge < -0.3 is 25.4 Å². The lowest BCUT2D eigenvalue weighted by atomic mass is 10.0. The molecular formula is C21H35IN4O3. The van der Waals surface area contributed by atoms with Crippen molar-refractivity contribution in [3.05, 3.63) is 29.8 Å². The van der Waals surface area contributed by atoms with Gasteiger partial charge in [-0.1, -0.05) is 26.0 Å². The molecule has 0 spiro atoms. The number of nitrogens with one attached hydrogen (secondary N) is 2. The Morgan fingerprint density at radius 1 is 1.34 bits per heavy atom. The number of ether oxygens (including phenoxy) is 1. The maximum Gasteiger partial charge on any atom is 0.225 e. The van der Waals surface area contributed by atoms with Crippen LogP contribution in [-0.2, 0) is 4.79 Å². The predicted octanol–water partition coefficient (Wildman–Crippen LogP) is 2.55. The Balaban J connectivity index is 0.00000420. The smallest absolute Gasteiger partial charge is 0.225 e. The monoisotopic (exact) mass is 518 g/mol. The van der Waals surface area contributed by atoms with Crippen LogP contribution >= 0.6 is 24.0 Å². The molecule has 2 rings (SSSR count).